The normalized spacial score (nSPS) is 12.1. The molecule has 0 saturated heterocycles. The average molecular weight is 673 g/mol. The van der Waals surface area contributed by atoms with Crippen LogP contribution in [0.15, 0.2) is 212 Å². The average Bonchev–Trinajstić information content (AvgIpc) is 3.24. The number of hydrogen-bond donors (Lipinski definition) is 0. The van der Waals surface area contributed by atoms with Gasteiger partial charge in [-0.3, -0.25) is 0 Å². The second-order valence-electron chi connectivity index (χ2n) is 14.1. The van der Waals surface area contributed by atoms with Crippen molar-refractivity contribution in [3.05, 3.63) is 229 Å². The van der Waals surface area contributed by atoms with Gasteiger partial charge in [-0.15, -0.1) is 0 Å². The van der Waals surface area contributed by atoms with Crippen LogP contribution in [0.25, 0.3) is 76.5 Å². The van der Waals surface area contributed by atoms with Crippen LogP contribution < -0.4 is 0 Å². The summed E-state index contributed by atoms with van der Waals surface area (Å²) >= 11 is 0. The molecule has 0 aliphatic carbocycles. The molecule has 0 radical (unpaired) electrons. The molecule has 0 amide bonds. The quantitative estimate of drug-likeness (QED) is 0.122. The highest BCUT2D eigenvalue weighted by molar-refractivity contribution is 6.23. The first kappa shape index (κ1) is 31.0. The molecule has 10 aromatic rings. The summed E-state index contributed by atoms with van der Waals surface area (Å²) in [6.07, 6.45) is 0. The Hall–Kier alpha value is -6.76. The van der Waals surface area contributed by atoms with Crippen LogP contribution in [0, 0.1) is 0 Å². The lowest BCUT2D eigenvalue weighted by Crippen LogP contribution is -2.05. The van der Waals surface area contributed by atoms with Crippen LogP contribution in [0.4, 0.5) is 0 Å². The number of hydrogen-bond acceptors (Lipinski definition) is 0. The van der Waals surface area contributed by atoms with E-state index in [0.717, 1.165) is 0 Å². The Morgan fingerprint density at radius 1 is 0.245 bits per heavy atom. The van der Waals surface area contributed by atoms with Crippen LogP contribution in [-0.2, 0) is 0 Å². The molecule has 1 atom stereocenters. The molecule has 0 aromatic heterocycles. The standard InChI is InChI=1S/C53H36/c1-3-13-36(14-4-1)39-23-27-41(28-24-39)52(43-29-25-38-17-7-8-19-42(38)31-43)47-33-45(37-15-5-2-6-16-37)32-46(34-47)51-35-44-30-26-40-18-9-10-20-48(40)53(44)50-22-12-11-21-49(50)51/h1-35,52H. The minimum atomic E-state index is 0.0162. The van der Waals surface area contributed by atoms with Crippen molar-refractivity contribution in [1.82, 2.24) is 0 Å². The molecular weight excluding hydrogens is 637 g/mol. The molecule has 0 aliphatic heterocycles. The van der Waals surface area contributed by atoms with Gasteiger partial charge in [-0.25, -0.2) is 0 Å². The number of benzene rings is 10. The van der Waals surface area contributed by atoms with Crippen molar-refractivity contribution in [1.29, 1.82) is 0 Å². The topological polar surface area (TPSA) is 0 Å². The molecule has 0 bridgehead atoms. The number of fused-ring (bicyclic) bond motifs is 6. The van der Waals surface area contributed by atoms with Crippen molar-refractivity contribution < 1.29 is 0 Å². The van der Waals surface area contributed by atoms with E-state index in [2.05, 4.69) is 212 Å². The van der Waals surface area contributed by atoms with Gasteiger partial charge in [0.15, 0.2) is 0 Å². The maximum atomic E-state index is 2.45. The van der Waals surface area contributed by atoms with Crippen molar-refractivity contribution >= 4 is 43.1 Å². The monoisotopic (exact) mass is 672 g/mol. The molecule has 53 heavy (non-hydrogen) atoms. The van der Waals surface area contributed by atoms with Crippen LogP contribution in [-0.4, -0.2) is 0 Å². The Kier molecular flexibility index (Phi) is 7.66. The van der Waals surface area contributed by atoms with Gasteiger partial charge in [0.2, 0.25) is 0 Å². The van der Waals surface area contributed by atoms with Crippen molar-refractivity contribution in [3.8, 4) is 33.4 Å². The third kappa shape index (κ3) is 5.66. The van der Waals surface area contributed by atoms with E-state index < -0.39 is 0 Å². The molecule has 10 rings (SSSR count). The second kappa shape index (κ2) is 13.1. The van der Waals surface area contributed by atoms with Gasteiger partial charge >= 0.3 is 0 Å². The molecule has 0 saturated carbocycles. The molecule has 0 aliphatic rings. The van der Waals surface area contributed by atoms with Crippen LogP contribution in [0.5, 0.6) is 0 Å². The lowest BCUT2D eigenvalue weighted by molar-refractivity contribution is 0.981. The van der Waals surface area contributed by atoms with E-state index in [1.807, 2.05) is 0 Å². The smallest absolute Gasteiger partial charge is 0.0340 e. The van der Waals surface area contributed by atoms with Gasteiger partial charge in [-0.2, -0.15) is 0 Å². The summed E-state index contributed by atoms with van der Waals surface area (Å²) in [5.41, 5.74) is 11.2. The molecule has 0 heteroatoms. The highest BCUT2D eigenvalue weighted by Gasteiger charge is 2.21. The van der Waals surface area contributed by atoms with E-state index in [9.17, 15) is 0 Å². The Bertz CT molecular complexity index is 2920. The van der Waals surface area contributed by atoms with Gasteiger partial charge in [0.1, 0.15) is 0 Å². The lowest BCUT2D eigenvalue weighted by atomic mass is 9.81. The Morgan fingerprint density at radius 3 is 1.53 bits per heavy atom. The fourth-order valence-corrected chi connectivity index (χ4v) is 8.35. The molecular formula is C53H36. The first-order valence-corrected chi connectivity index (χ1v) is 18.4. The Labute approximate surface area is 310 Å². The lowest BCUT2D eigenvalue weighted by Gasteiger charge is -2.23. The summed E-state index contributed by atoms with van der Waals surface area (Å²) in [6, 6.07) is 78.3. The molecule has 0 heterocycles. The summed E-state index contributed by atoms with van der Waals surface area (Å²) in [5, 5.41) is 10.2. The fraction of sp³-hybridized carbons (Fsp3) is 0.0189. The molecule has 10 aromatic carbocycles. The van der Waals surface area contributed by atoms with Crippen molar-refractivity contribution in [2.45, 2.75) is 5.92 Å². The molecule has 0 N–H and O–H groups in total. The largest absolute Gasteiger partial charge is 0.0622 e. The van der Waals surface area contributed by atoms with Gasteiger partial charge in [0, 0.05) is 5.92 Å². The maximum absolute atomic E-state index is 2.45. The number of rotatable bonds is 6. The molecule has 248 valence electrons. The van der Waals surface area contributed by atoms with Crippen molar-refractivity contribution in [3.63, 3.8) is 0 Å². The molecule has 1 unspecified atom stereocenters. The van der Waals surface area contributed by atoms with Crippen LogP contribution in [0.1, 0.15) is 22.6 Å². The summed E-state index contributed by atoms with van der Waals surface area (Å²) in [6.45, 7) is 0. The maximum Gasteiger partial charge on any atom is 0.0340 e. The van der Waals surface area contributed by atoms with Gasteiger partial charge in [-0.1, -0.05) is 200 Å². The molecule has 0 nitrogen and oxygen atoms in total. The highest BCUT2D eigenvalue weighted by Crippen LogP contribution is 2.43. The third-order valence-electron chi connectivity index (χ3n) is 10.9. The van der Waals surface area contributed by atoms with Crippen molar-refractivity contribution in [2.75, 3.05) is 0 Å². The van der Waals surface area contributed by atoms with Gasteiger partial charge in [-0.05, 0) is 105 Å². The third-order valence-corrected chi connectivity index (χ3v) is 10.9. The van der Waals surface area contributed by atoms with E-state index in [1.54, 1.807) is 0 Å². The predicted molar refractivity (Wildman–Crippen MR) is 227 cm³/mol. The van der Waals surface area contributed by atoms with Crippen molar-refractivity contribution in [2.24, 2.45) is 0 Å². The van der Waals surface area contributed by atoms with E-state index in [-0.39, 0.29) is 5.92 Å². The van der Waals surface area contributed by atoms with Gasteiger partial charge < -0.3 is 0 Å². The summed E-state index contributed by atoms with van der Waals surface area (Å²) < 4.78 is 0. The van der Waals surface area contributed by atoms with Crippen LogP contribution >= 0.6 is 0 Å². The Balaban J connectivity index is 1.23. The predicted octanol–water partition coefficient (Wildman–Crippen LogP) is 14.5. The first-order valence-electron chi connectivity index (χ1n) is 18.4. The highest BCUT2D eigenvalue weighted by atomic mass is 14.2. The van der Waals surface area contributed by atoms with Crippen LogP contribution in [0.3, 0.4) is 0 Å². The first-order chi connectivity index (χ1) is 26.3. The fourth-order valence-electron chi connectivity index (χ4n) is 8.35. The van der Waals surface area contributed by atoms with E-state index >= 15 is 0 Å². The zero-order valence-corrected chi connectivity index (χ0v) is 29.3. The summed E-state index contributed by atoms with van der Waals surface area (Å²) in [7, 11) is 0. The van der Waals surface area contributed by atoms with Gasteiger partial charge in [0.25, 0.3) is 0 Å². The minimum absolute atomic E-state index is 0.0162. The zero-order chi connectivity index (χ0) is 35.1. The van der Waals surface area contributed by atoms with E-state index in [0.29, 0.717) is 0 Å². The SMILES string of the molecule is c1ccc(-c2ccc(C(c3cc(-c4ccccc4)cc(-c4cc5ccc6ccccc6c5c5ccccc45)c3)c3ccc4ccccc4c3)cc2)cc1. The van der Waals surface area contributed by atoms with E-state index in [4.69, 9.17) is 0 Å². The minimum Gasteiger partial charge on any atom is -0.0622 e. The summed E-state index contributed by atoms with van der Waals surface area (Å²) in [4.78, 5) is 0. The zero-order valence-electron chi connectivity index (χ0n) is 29.3. The molecule has 0 spiro atoms. The van der Waals surface area contributed by atoms with Crippen LogP contribution in [0.2, 0.25) is 0 Å². The van der Waals surface area contributed by atoms with E-state index in [1.165, 1.54) is 93.2 Å². The molecule has 0 fully saturated rings. The van der Waals surface area contributed by atoms with Gasteiger partial charge in [0.05, 0.1) is 0 Å². The Morgan fingerprint density at radius 2 is 0.774 bits per heavy atom. The summed E-state index contributed by atoms with van der Waals surface area (Å²) in [5.74, 6) is 0.0162. The second-order valence-corrected chi connectivity index (χ2v) is 14.1.